The minimum absolute atomic E-state index is 0.0203. The van der Waals surface area contributed by atoms with Crippen LogP contribution in [-0.2, 0) is 5.41 Å². The Balaban J connectivity index is 1.75. The predicted molar refractivity (Wildman–Crippen MR) is 83.9 cm³/mol. The Hall–Kier alpha value is -1.66. The summed E-state index contributed by atoms with van der Waals surface area (Å²) in [4.78, 5) is 14.3. The number of hydrogen-bond acceptors (Lipinski definition) is 5. The van der Waals surface area contributed by atoms with Crippen molar-refractivity contribution < 1.29 is 14.4 Å². The third kappa shape index (κ3) is 2.94. The Morgan fingerprint density at radius 3 is 2.82 bits per heavy atom. The molecule has 2 aromatic heterocycles. The van der Waals surface area contributed by atoms with Crippen molar-refractivity contribution in [2.75, 3.05) is 6.54 Å². The quantitative estimate of drug-likeness (QED) is 0.888. The summed E-state index contributed by atoms with van der Waals surface area (Å²) in [6, 6.07) is 5.65. The average molecular weight is 320 g/mol. The van der Waals surface area contributed by atoms with Gasteiger partial charge in [0.05, 0.1) is 12.3 Å². The van der Waals surface area contributed by atoms with Gasteiger partial charge in [0, 0.05) is 27.8 Å². The molecule has 0 bridgehead atoms. The van der Waals surface area contributed by atoms with Gasteiger partial charge in [0.15, 0.2) is 0 Å². The van der Waals surface area contributed by atoms with Crippen molar-refractivity contribution in [2.45, 2.75) is 44.1 Å². The van der Waals surface area contributed by atoms with E-state index in [1.807, 2.05) is 6.07 Å². The first-order chi connectivity index (χ1) is 10.6. The first-order valence-electron chi connectivity index (χ1n) is 7.58. The molecule has 0 saturated heterocycles. The molecule has 118 valence electrons. The molecule has 1 amide bonds. The van der Waals surface area contributed by atoms with Gasteiger partial charge >= 0.3 is 0 Å². The molecule has 2 N–H and O–H groups in total. The molecule has 1 aliphatic carbocycles. The number of hydrogen-bond donors (Lipinski definition) is 2. The van der Waals surface area contributed by atoms with E-state index in [2.05, 4.69) is 16.5 Å². The van der Waals surface area contributed by atoms with E-state index in [1.54, 1.807) is 24.3 Å². The predicted octanol–water partition coefficient (Wildman–Crippen LogP) is 3.03. The fraction of sp³-hybridized carbons (Fsp3) is 0.500. The number of carbonyl (C=O) groups excluding carboxylic acids is 1. The van der Waals surface area contributed by atoms with Crippen molar-refractivity contribution in [3.05, 3.63) is 39.9 Å². The van der Waals surface area contributed by atoms with Crippen LogP contribution < -0.4 is 5.32 Å². The summed E-state index contributed by atoms with van der Waals surface area (Å²) in [5.41, 5.74) is -0.0203. The molecular weight excluding hydrogens is 300 g/mol. The summed E-state index contributed by atoms with van der Waals surface area (Å²) in [5.74, 6) is 0.0140. The van der Waals surface area contributed by atoms with Gasteiger partial charge in [-0.1, -0.05) is 18.0 Å². The summed E-state index contributed by atoms with van der Waals surface area (Å²) >= 11 is 1.65. The molecule has 5 nitrogen and oxygen atoms in total. The maximum atomic E-state index is 12.1. The largest absolute Gasteiger partial charge is 0.388 e. The number of aliphatic hydroxyl groups is 1. The highest BCUT2D eigenvalue weighted by Gasteiger charge is 2.37. The second kappa shape index (κ2) is 6.22. The Bertz CT molecular complexity index is 628. The molecule has 1 aliphatic rings. The Morgan fingerprint density at radius 1 is 1.45 bits per heavy atom. The minimum atomic E-state index is -0.444. The molecule has 0 aliphatic heterocycles. The van der Waals surface area contributed by atoms with Crippen molar-refractivity contribution in [1.29, 1.82) is 0 Å². The Morgan fingerprint density at radius 2 is 2.23 bits per heavy atom. The standard InChI is InChI=1S/C16H20N2O3S/c1-11(19)13-4-5-14(22-13)16(7-2-3-8-16)10-17-15(20)12-6-9-18-21-12/h4-6,9,11,19H,2-3,7-8,10H2,1H3,(H,17,20). The number of aliphatic hydroxyl groups excluding tert-OH is 1. The van der Waals surface area contributed by atoms with Gasteiger partial charge in [-0.05, 0) is 31.9 Å². The Labute approximate surface area is 133 Å². The van der Waals surface area contributed by atoms with Crippen LogP contribution in [-0.4, -0.2) is 22.7 Å². The van der Waals surface area contributed by atoms with E-state index in [0.29, 0.717) is 6.54 Å². The van der Waals surface area contributed by atoms with E-state index in [1.165, 1.54) is 23.9 Å². The third-order valence-electron chi connectivity index (χ3n) is 4.37. The lowest BCUT2D eigenvalue weighted by molar-refractivity contribution is 0.0906. The van der Waals surface area contributed by atoms with Gasteiger partial charge in [-0.3, -0.25) is 4.79 Å². The topological polar surface area (TPSA) is 75.4 Å². The highest BCUT2D eigenvalue weighted by Crippen LogP contribution is 2.44. The number of carbonyl (C=O) groups is 1. The molecule has 0 spiro atoms. The number of thiophene rings is 1. The second-order valence-corrected chi connectivity index (χ2v) is 7.04. The van der Waals surface area contributed by atoms with E-state index in [0.717, 1.165) is 17.7 Å². The van der Waals surface area contributed by atoms with Crippen molar-refractivity contribution >= 4 is 17.2 Å². The van der Waals surface area contributed by atoms with Gasteiger partial charge < -0.3 is 14.9 Å². The summed E-state index contributed by atoms with van der Waals surface area (Å²) < 4.78 is 4.89. The zero-order valence-corrected chi connectivity index (χ0v) is 13.4. The molecule has 6 heteroatoms. The maximum Gasteiger partial charge on any atom is 0.289 e. The smallest absolute Gasteiger partial charge is 0.289 e. The zero-order chi connectivity index (χ0) is 15.6. The molecule has 1 fully saturated rings. The Kier molecular flexibility index (Phi) is 4.31. The molecular formula is C16H20N2O3S. The van der Waals surface area contributed by atoms with Crippen LogP contribution in [0.3, 0.4) is 0 Å². The van der Waals surface area contributed by atoms with Crippen LogP contribution in [0, 0.1) is 0 Å². The van der Waals surface area contributed by atoms with E-state index in [4.69, 9.17) is 4.52 Å². The SMILES string of the molecule is CC(O)c1ccc(C2(CNC(=O)c3ccno3)CCCC2)s1. The van der Waals surface area contributed by atoms with Crippen LogP contribution >= 0.6 is 11.3 Å². The van der Waals surface area contributed by atoms with Gasteiger partial charge in [0.25, 0.3) is 5.91 Å². The lowest BCUT2D eigenvalue weighted by Gasteiger charge is -2.28. The molecule has 22 heavy (non-hydrogen) atoms. The maximum absolute atomic E-state index is 12.1. The summed E-state index contributed by atoms with van der Waals surface area (Å²) in [5, 5.41) is 16.3. The van der Waals surface area contributed by atoms with Gasteiger partial charge in [0.2, 0.25) is 5.76 Å². The third-order valence-corrected chi connectivity index (χ3v) is 5.87. The number of nitrogens with zero attached hydrogens (tertiary/aromatic N) is 1. The lowest BCUT2D eigenvalue weighted by atomic mass is 9.84. The first kappa shape index (κ1) is 15.2. The van der Waals surface area contributed by atoms with Crippen LogP contribution in [0.15, 0.2) is 28.9 Å². The van der Waals surface area contributed by atoms with Gasteiger partial charge in [-0.2, -0.15) is 0 Å². The van der Waals surface area contributed by atoms with Crippen molar-refractivity contribution in [2.24, 2.45) is 0 Å². The highest BCUT2D eigenvalue weighted by atomic mass is 32.1. The van der Waals surface area contributed by atoms with Gasteiger partial charge in [-0.25, -0.2) is 0 Å². The normalized spacial score (nSPS) is 18.3. The van der Waals surface area contributed by atoms with E-state index < -0.39 is 6.10 Å². The fourth-order valence-electron chi connectivity index (χ4n) is 3.09. The van der Waals surface area contributed by atoms with E-state index >= 15 is 0 Å². The monoisotopic (exact) mass is 320 g/mol. The molecule has 2 heterocycles. The molecule has 1 atom stereocenters. The summed E-state index contributed by atoms with van der Waals surface area (Å²) in [6.45, 7) is 2.37. The van der Waals surface area contributed by atoms with Crippen LogP contribution in [0.25, 0.3) is 0 Å². The average Bonchev–Trinajstić information content (AvgIpc) is 3.24. The highest BCUT2D eigenvalue weighted by molar-refractivity contribution is 7.12. The molecule has 1 unspecified atom stereocenters. The number of amides is 1. The van der Waals surface area contributed by atoms with E-state index in [-0.39, 0.29) is 17.1 Å². The fourth-order valence-corrected chi connectivity index (χ4v) is 4.28. The molecule has 1 saturated carbocycles. The second-order valence-electron chi connectivity index (χ2n) is 5.92. The summed E-state index contributed by atoms with van der Waals surface area (Å²) in [7, 11) is 0. The van der Waals surface area contributed by atoms with Crippen LogP contribution in [0.2, 0.25) is 0 Å². The number of nitrogens with one attached hydrogen (secondary N) is 1. The summed E-state index contributed by atoms with van der Waals surface area (Å²) in [6.07, 6.45) is 5.47. The van der Waals surface area contributed by atoms with E-state index in [9.17, 15) is 9.90 Å². The van der Waals surface area contributed by atoms with Crippen LogP contribution in [0.5, 0.6) is 0 Å². The minimum Gasteiger partial charge on any atom is -0.388 e. The zero-order valence-electron chi connectivity index (χ0n) is 12.5. The number of rotatable bonds is 5. The van der Waals surface area contributed by atoms with Gasteiger partial charge in [0.1, 0.15) is 0 Å². The van der Waals surface area contributed by atoms with Crippen LogP contribution in [0.4, 0.5) is 0 Å². The van der Waals surface area contributed by atoms with Crippen LogP contribution in [0.1, 0.15) is 59.0 Å². The lowest BCUT2D eigenvalue weighted by Crippen LogP contribution is -2.38. The molecule has 0 aromatic carbocycles. The van der Waals surface area contributed by atoms with Crippen molar-refractivity contribution in [1.82, 2.24) is 10.5 Å². The molecule has 2 aromatic rings. The van der Waals surface area contributed by atoms with Gasteiger partial charge in [-0.15, -0.1) is 11.3 Å². The van der Waals surface area contributed by atoms with Crippen molar-refractivity contribution in [3.63, 3.8) is 0 Å². The number of aromatic nitrogens is 1. The first-order valence-corrected chi connectivity index (χ1v) is 8.39. The molecule has 3 rings (SSSR count). The molecule has 0 radical (unpaired) electrons. The van der Waals surface area contributed by atoms with Crippen molar-refractivity contribution in [3.8, 4) is 0 Å².